The third-order valence-corrected chi connectivity index (χ3v) is 6.53. The van der Waals surface area contributed by atoms with E-state index in [1.54, 1.807) is 18.5 Å². The van der Waals surface area contributed by atoms with E-state index in [1.165, 1.54) is 32.5 Å². The van der Waals surface area contributed by atoms with E-state index < -0.39 is 17.7 Å². The number of benzene rings is 1. The van der Waals surface area contributed by atoms with Gasteiger partial charge >= 0.3 is 6.18 Å². The number of ether oxygens (including phenoxy) is 1. The van der Waals surface area contributed by atoms with E-state index >= 15 is 4.39 Å². The van der Waals surface area contributed by atoms with E-state index in [0.29, 0.717) is 46.2 Å². The number of aromatic amines is 1. The number of H-pyrrole nitrogens is 1. The van der Waals surface area contributed by atoms with E-state index in [-0.39, 0.29) is 11.4 Å². The van der Waals surface area contributed by atoms with Gasteiger partial charge in [-0.15, -0.1) is 0 Å². The first-order valence-electron chi connectivity index (χ1n) is 11.9. The summed E-state index contributed by atoms with van der Waals surface area (Å²) in [6.07, 6.45) is 2.71. The van der Waals surface area contributed by atoms with Crippen LogP contribution in [-0.2, 0) is 12.6 Å². The molecule has 12 heteroatoms. The fraction of sp³-hybridized carbons (Fsp3) is 0.269. The summed E-state index contributed by atoms with van der Waals surface area (Å²) >= 11 is 0. The molecule has 0 spiro atoms. The van der Waals surface area contributed by atoms with Gasteiger partial charge in [0.25, 0.3) is 0 Å². The molecule has 1 aliphatic carbocycles. The number of hydrogen-bond acceptors (Lipinski definition) is 6. The van der Waals surface area contributed by atoms with Gasteiger partial charge in [0.1, 0.15) is 23.4 Å². The van der Waals surface area contributed by atoms with Crippen LogP contribution in [-0.4, -0.2) is 41.8 Å². The van der Waals surface area contributed by atoms with Crippen molar-refractivity contribution in [3.63, 3.8) is 0 Å². The van der Waals surface area contributed by atoms with Crippen LogP contribution in [0.25, 0.3) is 28.1 Å². The first-order chi connectivity index (χ1) is 18.2. The molecule has 1 aromatic carbocycles. The van der Waals surface area contributed by atoms with Crippen LogP contribution in [0.15, 0.2) is 43.0 Å². The van der Waals surface area contributed by atoms with Gasteiger partial charge in [0.15, 0.2) is 11.5 Å². The normalized spacial score (nSPS) is 13.8. The molecule has 0 atom stereocenters. The summed E-state index contributed by atoms with van der Waals surface area (Å²) in [5, 5.41) is 3.54. The van der Waals surface area contributed by atoms with Gasteiger partial charge in [0.2, 0.25) is 5.88 Å². The fourth-order valence-electron chi connectivity index (χ4n) is 4.54. The van der Waals surface area contributed by atoms with E-state index in [1.807, 2.05) is 0 Å². The Balaban J connectivity index is 1.34. The Bertz CT molecular complexity index is 1670. The molecule has 38 heavy (non-hydrogen) atoms. The molecule has 4 aromatic heterocycles. The smallest absolute Gasteiger partial charge is 0.435 e. The summed E-state index contributed by atoms with van der Waals surface area (Å²) in [5.74, 6) is 0.476. The first-order valence-corrected chi connectivity index (χ1v) is 11.9. The number of alkyl halides is 3. The molecule has 5 aromatic rings. The lowest BCUT2D eigenvalue weighted by Crippen LogP contribution is -2.08. The third-order valence-electron chi connectivity index (χ3n) is 6.53. The molecule has 0 bridgehead atoms. The molecule has 1 fully saturated rings. The molecule has 1 saturated carbocycles. The first kappa shape index (κ1) is 24.0. The number of halogens is 4. The van der Waals surface area contributed by atoms with Crippen LogP contribution in [0.1, 0.15) is 47.0 Å². The van der Waals surface area contributed by atoms with Gasteiger partial charge in [-0.05, 0) is 43.5 Å². The Morgan fingerprint density at radius 1 is 1.13 bits per heavy atom. The number of nitrogens with one attached hydrogen (secondary N) is 1. The monoisotopic (exact) mass is 523 g/mol. The van der Waals surface area contributed by atoms with Gasteiger partial charge in [-0.2, -0.15) is 18.3 Å². The van der Waals surface area contributed by atoms with Crippen LogP contribution >= 0.6 is 0 Å². The minimum absolute atomic E-state index is 0.0611. The quantitative estimate of drug-likeness (QED) is 0.294. The predicted molar refractivity (Wildman–Crippen MR) is 130 cm³/mol. The maximum Gasteiger partial charge on any atom is 0.435 e. The number of aryl methyl sites for hydroxylation is 1. The lowest BCUT2D eigenvalue weighted by molar-refractivity contribution is -0.141. The van der Waals surface area contributed by atoms with Crippen molar-refractivity contribution >= 4 is 11.0 Å². The van der Waals surface area contributed by atoms with Crippen LogP contribution < -0.4 is 4.74 Å². The van der Waals surface area contributed by atoms with Gasteiger partial charge < -0.3 is 9.72 Å². The van der Waals surface area contributed by atoms with Crippen molar-refractivity contribution in [3.8, 4) is 23.0 Å². The summed E-state index contributed by atoms with van der Waals surface area (Å²) in [4.78, 5) is 21.1. The maximum absolute atomic E-state index is 15.1. The number of nitrogens with zero attached hydrogens (tertiary/aromatic N) is 6. The van der Waals surface area contributed by atoms with Crippen molar-refractivity contribution < 1.29 is 22.3 Å². The highest BCUT2D eigenvalue weighted by atomic mass is 19.4. The molecule has 1 aliphatic rings. The molecule has 0 unspecified atom stereocenters. The Morgan fingerprint density at radius 3 is 2.63 bits per heavy atom. The fourth-order valence-corrected chi connectivity index (χ4v) is 4.54. The Morgan fingerprint density at radius 2 is 1.95 bits per heavy atom. The van der Waals surface area contributed by atoms with Crippen molar-refractivity contribution in [2.45, 2.75) is 38.3 Å². The average molecular weight is 523 g/mol. The molecule has 0 amide bonds. The van der Waals surface area contributed by atoms with Crippen molar-refractivity contribution in [1.82, 2.24) is 34.7 Å². The molecule has 0 aliphatic heterocycles. The molecule has 4 heterocycles. The zero-order valence-electron chi connectivity index (χ0n) is 20.3. The van der Waals surface area contributed by atoms with Crippen LogP contribution in [0.4, 0.5) is 17.6 Å². The van der Waals surface area contributed by atoms with Crippen molar-refractivity contribution in [2.75, 3.05) is 7.11 Å². The molecule has 1 N–H and O–H groups in total. The van der Waals surface area contributed by atoms with Crippen LogP contribution in [0.5, 0.6) is 5.88 Å². The average Bonchev–Trinajstić information content (AvgIpc) is 3.56. The number of hydrogen-bond donors (Lipinski definition) is 1. The van der Waals surface area contributed by atoms with Gasteiger partial charge in [-0.1, -0.05) is 6.07 Å². The molecular formula is C26H21F4N7O. The maximum atomic E-state index is 15.1. The number of methoxy groups -OCH3 is 1. The minimum atomic E-state index is -4.61. The number of rotatable bonds is 6. The van der Waals surface area contributed by atoms with Crippen molar-refractivity contribution in [3.05, 3.63) is 77.0 Å². The van der Waals surface area contributed by atoms with Crippen molar-refractivity contribution in [2.24, 2.45) is 0 Å². The minimum Gasteiger partial charge on any atom is -0.480 e. The topological polar surface area (TPSA) is 94.4 Å². The summed E-state index contributed by atoms with van der Waals surface area (Å²) in [6, 6.07) is 5.27. The standard InChI is InChI=1S/C26H21F4N7O/c1-13-7-20(26(28,29)30)36-37(13)19-6-3-14(9-17(19)27)8-16-10-31-18-11-32-24(35-22(16)18)21-23(15-4-5-15)33-12-34-25(21)38-2/h3,6-7,9-12,15,31H,4-5,8H2,1-2H3. The van der Waals surface area contributed by atoms with Gasteiger partial charge in [-0.3, -0.25) is 0 Å². The predicted octanol–water partition coefficient (Wildman–Crippen LogP) is 5.54. The second kappa shape index (κ2) is 8.89. The highest BCUT2D eigenvalue weighted by Crippen LogP contribution is 2.45. The summed E-state index contributed by atoms with van der Waals surface area (Å²) in [7, 11) is 1.54. The Labute approximate surface area is 213 Å². The van der Waals surface area contributed by atoms with Crippen LogP contribution in [0.3, 0.4) is 0 Å². The van der Waals surface area contributed by atoms with Gasteiger partial charge in [0.05, 0.1) is 30.0 Å². The summed E-state index contributed by atoms with van der Waals surface area (Å²) in [5.41, 5.74) is 3.34. The van der Waals surface area contributed by atoms with E-state index in [0.717, 1.165) is 34.8 Å². The van der Waals surface area contributed by atoms with Crippen LogP contribution in [0.2, 0.25) is 0 Å². The highest BCUT2D eigenvalue weighted by Gasteiger charge is 2.35. The van der Waals surface area contributed by atoms with Crippen LogP contribution in [0, 0.1) is 12.7 Å². The molecule has 0 saturated heterocycles. The summed E-state index contributed by atoms with van der Waals surface area (Å²) in [6.45, 7) is 1.44. The third kappa shape index (κ3) is 4.25. The van der Waals surface area contributed by atoms with E-state index in [2.05, 4.69) is 25.0 Å². The van der Waals surface area contributed by atoms with E-state index in [9.17, 15) is 13.2 Å². The molecule has 6 rings (SSSR count). The van der Waals surface area contributed by atoms with E-state index in [4.69, 9.17) is 9.72 Å². The molecule has 8 nitrogen and oxygen atoms in total. The SMILES string of the molecule is COc1ncnc(C2CC2)c1-c1ncc2[nH]cc(Cc3ccc(-n4nc(C(F)(F)F)cc4C)c(F)c3)c2n1. The summed E-state index contributed by atoms with van der Waals surface area (Å²) < 4.78 is 60.6. The highest BCUT2D eigenvalue weighted by molar-refractivity contribution is 5.81. The number of fused-ring (bicyclic) bond motifs is 1. The van der Waals surface area contributed by atoms with Gasteiger partial charge in [-0.25, -0.2) is 29.0 Å². The van der Waals surface area contributed by atoms with Gasteiger partial charge in [0, 0.05) is 29.8 Å². The second-order valence-electron chi connectivity index (χ2n) is 9.23. The largest absolute Gasteiger partial charge is 0.480 e. The van der Waals surface area contributed by atoms with Crippen molar-refractivity contribution in [1.29, 1.82) is 0 Å². The molecule has 194 valence electrons. The second-order valence-corrected chi connectivity index (χ2v) is 9.23. The zero-order chi connectivity index (χ0) is 26.6. The Kier molecular flexibility index (Phi) is 5.62. The lowest BCUT2D eigenvalue weighted by atomic mass is 10.1. The molecular weight excluding hydrogens is 502 g/mol. The Hall–Kier alpha value is -4.35. The lowest BCUT2D eigenvalue weighted by Gasteiger charge is -2.11. The number of aromatic nitrogens is 7. The zero-order valence-corrected chi connectivity index (χ0v) is 20.3. The molecule has 0 radical (unpaired) electrons.